The highest BCUT2D eigenvalue weighted by atomic mass is 19.2. The van der Waals surface area contributed by atoms with Crippen molar-refractivity contribution in [2.45, 2.75) is 39.4 Å². The molecular weight excluding hydrogens is 471 g/mol. The Morgan fingerprint density at radius 1 is 0.914 bits per heavy atom. The Morgan fingerprint density at radius 3 is 2.14 bits per heavy atom. The van der Waals surface area contributed by atoms with Gasteiger partial charge in [-0.25, -0.2) is 22.8 Å². The summed E-state index contributed by atoms with van der Waals surface area (Å²) in [4.78, 5) is 48.0. The number of ether oxygens (including phenoxy) is 2. The minimum Gasteiger partial charge on any atom is -0.449 e. The van der Waals surface area contributed by atoms with Crippen molar-refractivity contribution < 1.29 is 41.8 Å². The zero-order valence-corrected chi connectivity index (χ0v) is 19.3. The van der Waals surface area contributed by atoms with Gasteiger partial charge >= 0.3 is 12.1 Å². The molecule has 0 aliphatic rings. The third kappa shape index (κ3) is 8.32. The SMILES string of the molecule is CC(OC(=O)c1ccc(NC(=O)OC(C)(C)C)cc1)C(=O)NCC(=O)Nc1ccc(F)c(F)c1F. The first-order valence-electron chi connectivity index (χ1n) is 10.3. The maximum absolute atomic E-state index is 13.6. The summed E-state index contributed by atoms with van der Waals surface area (Å²) in [6.45, 7) is 5.74. The van der Waals surface area contributed by atoms with Crippen LogP contribution >= 0.6 is 0 Å². The summed E-state index contributed by atoms with van der Waals surface area (Å²) in [6.07, 6.45) is -1.97. The molecule has 12 heteroatoms. The molecule has 35 heavy (non-hydrogen) atoms. The molecule has 2 aromatic rings. The van der Waals surface area contributed by atoms with Gasteiger partial charge in [0.2, 0.25) is 5.91 Å². The average molecular weight is 495 g/mol. The topological polar surface area (TPSA) is 123 Å². The lowest BCUT2D eigenvalue weighted by molar-refractivity contribution is -0.130. The molecule has 0 saturated carbocycles. The molecule has 0 aromatic heterocycles. The van der Waals surface area contributed by atoms with Gasteiger partial charge in [0.05, 0.1) is 17.8 Å². The summed E-state index contributed by atoms with van der Waals surface area (Å²) in [7, 11) is 0. The predicted octanol–water partition coefficient (Wildman–Crippen LogP) is 3.75. The van der Waals surface area contributed by atoms with E-state index in [9.17, 15) is 32.3 Å². The Labute approximate surface area is 199 Å². The van der Waals surface area contributed by atoms with E-state index in [1.165, 1.54) is 31.2 Å². The monoisotopic (exact) mass is 495 g/mol. The van der Waals surface area contributed by atoms with Gasteiger partial charge in [0, 0.05) is 5.69 Å². The molecule has 9 nitrogen and oxygen atoms in total. The minimum absolute atomic E-state index is 0.0888. The third-order valence-corrected chi connectivity index (χ3v) is 4.15. The highest BCUT2D eigenvalue weighted by Crippen LogP contribution is 2.19. The van der Waals surface area contributed by atoms with Crippen molar-refractivity contribution in [1.29, 1.82) is 0 Å². The second-order valence-electron chi connectivity index (χ2n) is 8.24. The molecule has 0 aliphatic heterocycles. The molecule has 0 fully saturated rings. The van der Waals surface area contributed by atoms with Gasteiger partial charge in [-0.2, -0.15) is 0 Å². The fraction of sp³-hybridized carbons (Fsp3) is 0.304. The molecule has 0 spiro atoms. The van der Waals surface area contributed by atoms with Crippen LogP contribution in [0.15, 0.2) is 36.4 Å². The highest BCUT2D eigenvalue weighted by molar-refractivity contribution is 5.96. The number of rotatable bonds is 7. The first kappa shape index (κ1) is 27.2. The second-order valence-corrected chi connectivity index (χ2v) is 8.24. The van der Waals surface area contributed by atoms with Gasteiger partial charge in [0.1, 0.15) is 5.60 Å². The van der Waals surface area contributed by atoms with Crippen LogP contribution in [-0.4, -0.2) is 42.1 Å². The van der Waals surface area contributed by atoms with E-state index in [0.29, 0.717) is 11.8 Å². The molecule has 0 saturated heterocycles. The molecule has 3 amide bonds. The lowest BCUT2D eigenvalue weighted by Crippen LogP contribution is -2.40. The van der Waals surface area contributed by atoms with Crippen LogP contribution in [0.25, 0.3) is 0 Å². The molecule has 188 valence electrons. The number of amides is 3. The molecule has 0 radical (unpaired) electrons. The molecule has 2 aromatic carbocycles. The molecule has 0 bridgehead atoms. The van der Waals surface area contributed by atoms with Crippen molar-refractivity contribution in [3.05, 3.63) is 59.4 Å². The number of hydrogen-bond donors (Lipinski definition) is 3. The van der Waals surface area contributed by atoms with Gasteiger partial charge < -0.3 is 20.1 Å². The summed E-state index contributed by atoms with van der Waals surface area (Å²) in [5, 5.41) is 6.66. The predicted molar refractivity (Wildman–Crippen MR) is 119 cm³/mol. The highest BCUT2D eigenvalue weighted by Gasteiger charge is 2.21. The fourth-order valence-corrected chi connectivity index (χ4v) is 2.52. The zero-order valence-electron chi connectivity index (χ0n) is 19.3. The number of benzene rings is 2. The van der Waals surface area contributed by atoms with Gasteiger partial charge in [-0.15, -0.1) is 0 Å². The molecular formula is C23H24F3N3O6. The first-order valence-corrected chi connectivity index (χ1v) is 10.3. The molecule has 0 heterocycles. The van der Waals surface area contributed by atoms with Gasteiger partial charge in [-0.05, 0) is 64.1 Å². The minimum atomic E-state index is -1.75. The lowest BCUT2D eigenvalue weighted by Gasteiger charge is -2.19. The van der Waals surface area contributed by atoms with Gasteiger partial charge in [-0.1, -0.05) is 0 Å². The van der Waals surface area contributed by atoms with Crippen LogP contribution in [0.2, 0.25) is 0 Å². The number of carbonyl (C=O) groups is 4. The van der Waals surface area contributed by atoms with Crippen LogP contribution in [0.3, 0.4) is 0 Å². The summed E-state index contributed by atoms with van der Waals surface area (Å²) in [6, 6.07) is 7.06. The van der Waals surface area contributed by atoms with Crippen LogP contribution < -0.4 is 16.0 Å². The Balaban J connectivity index is 1.84. The van der Waals surface area contributed by atoms with E-state index in [1.54, 1.807) is 20.8 Å². The van der Waals surface area contributed by atoms with E-state index in [2.05, 4.69) is 10.6 Å². The second kappa shape index (κ2) is 11.4. The average Bonchev–Trinajstić information content (AvgIpc) is 2.76. The van der Waals surface area contributed by atoms with Crippen molar-refractivity contribution in [1.82, 2.24) is 5.32 Å². The maximum Gasteiger partial charge on any atom is 0.412 e. The van der Waals surface area contributed by atoms with Crippen molar-refractivity contribution >= 4 is 35.3 Å². The molecule has 1 unspecified atom stereocenters. The van der Waals surface area contributed by atoms with E-state index in [0.717, 1.165) is 6.07 Å². The van der Waals surface area contributed by atoms with Gasteiger partial charge in [-0.3, -0.25) is 14.9 Å². The normalized spacial score (nSPS) is 11.7. The third-order valence-electron chi connectivity index (χ3n) is 4.15. The lowest BCUT2D eigenvalue weighted by atomic mass is 10.2. The number of esters is 1. The number of carbonyl (C=O) groups excluding carboxylic acids is 4. The Hall–Kier alpha value is -4.09. The largest absolute Gasteiger partial charge is 0.449 e. The number of hydrogen-bond acceptors (Lipinski definition) is 6. The van der Waals surface area contributed by atoms with Crippen LogP contribution in [0.1, 0.15) is 38.1 Å². The molecule has 1 atom stereocenters. The number of nitrogens with one attached hydrogen (secondary N) is 3. The molecule has 2 rings (SSSR count). The van der Waals surface area contributed by atoms with Crippen LogP contribution in [-0.2, 0) is 19.1 Å². The summed E-state index contributed by atoms with van der Waals surface area (Å²) in [5.41, 5.74) is -0.830. The Bertz CT molecular complexity index is 1120. The number of halogens is 3. The smallest absolute Gasteiger partial charge is 0.412 e. The zero-order chi connectivity index (χ0) is 26.3. The van der Waals surface area contributed by atoms with Gasteiger partial charge in [0.25, 0.3) is 5.91 Å². The summed E-state index contributed by atoms with van der Waals surface area (Å²) in [5.74, 6) is -7.35. The first-order chi connectivity index (χ1) is 16.3. The van der Waals surface area contributed by atoms with E-state index in [4.69, 9.17) is 9.47 Å². The van der Waals surface area contributed by atoms with E-state index in [-0.39, 0.29) is 5.56 Å². The van der Waals surface area contributed by atoms with E-state index >= 15 is 0 Å². The van der Waals surface area contributed by atoms with Crippen LogP contribution in [0.5, 0.6) is 0 Å². The van der Waals surface area contributed by atoms with Crippen molar-refractivity contribution in [3.63, 3.8) is 0 Å². The van der Waals surface area contributed by atoms with E-state index in [1.807, 2.05) is 5.32 Å². The van der Waals surface area contributed by atoms with Crippen molar-refractivity contribution in [3.8, 4) is 0 Å². The van der Waals surface area contributed by atoms with Gasteiger partial charge in [0.15, 0.2) is 23.6 Å². The van der Waals surface area contributed by atoms with Crippen molar-refractivity contribution in [2.24, 2.45) is 0 Å². The van der Waals surface area contributed by atoms with Crippen LogP contribution in [0.4, 0.5) is 29.3 Å². The molecule has 3 N–H and O–H groups in total. The van der Waals surface area contributed by atoms with Crippen LogP contribution in [0, 0.1) is 17.5 Å². The fourth-order valence-electron chi connectivity index (χ4n) is 2.52. The summed E-state index contributed by atoms with van der Waals surface area (Å²) < 4.78 is 49.9. The Kier molecular flexibility index (Phi) is 8.81. The number of anilines is 2. The summed E-state index contributed by atoms with van der Waals surface area (Å²) >= 11 is 0. The Morgan fingerprint density at radius 2 is 1.54 bits per heavy atom. The standard InChI is InChI=1S/C23H24F3N3O6/c1-12(20(31)27-11-17(30)29-16-10-9-15(24)18(25)19(16)26)34-21(32)13-5-7-14(8-6-13)28-22(33)35-23(2,3)4/h5-10,12H,11H2,1-4H3,(H,27,31)(H,28,33)(H,29,30). The quantitative estimate of drug-likeness (QED) is 0.397. The van der Waals surface area contributed by atoms with Crippen molar-refractivity contribution in [2.75, 3.05) is 17.2 Å². The van der Waals surface area contributed by atoms with E-state index < -0.39 is 65.3 Å². The molecule has 0 aliphatic carbocycles. The maximum atomic E-state index is 13.6.